The van der Waals surface area contributed by atoms with Crippen LogP contribution in [0.4, 0.5) is 26.3 Å². The lowest BCUT2D eigenvalue weighted by Crippen LogP contribution is -2.68. The van der Waals surface area contributed by atoms with Crippen LogP contribution in [0, 0.1) is 11.3 Å². The van der Waals surface area contributed by atoms with Crippen molar-refractivity contribution in [2.75, 3.05) is 6.61 Å². The molecule has 0 aromatic carbocycles. The normalized spacial score (nSPS) is 37.6. The number of esters is 1. The van der Waals surface area contributed by atoms with Crippen molar-refractivity contribution in [1.29, 1.82) is 0 Å². The summed E-state index contributed by atoms with van der Waals surface area (Å²) in [5.74, 6) is -3.51. The van der Waals surface area contributed by atoms with Gasteiger partial charge in [0.05, 0.1) is 17.8 Å². The Labute approximate surface area is 160 Å². The predicted octanol–water partition coefficient (Wildman–Crippen LogP) is 1.73. The van der Waals surface area contributed by atoms with E-state index in [1.165, 1.54) is 0 Å². The van der Waals surface area contributed by atoms with Gasteiger partial charge in [0, 0.05) is 11.8 Å². The van der Waals surface area contributed by atoms with Gasteiger partial charge in [0.2, 0.25) is 0 Å². The molecule has 0 heterocycles. The van der Waals surface area contributed by atoms with E-state index >= 15 is 0 Å². The molecule has 0 aromatic heterocycles. The van der Waals surface area contributed by atoms with Crippen LogP contribution >= 0.6 is 0 Å². The summed E-state index contributed by atoms with van der Waals surface area (Å²) in [6, 6.07) is 0. The van der Waals surface area contributed by atoms with Crippen molar-refractivity contribution in [1.82, 2.24) is 0 Å². The third kappa shape index (κ3) is 3.31. The maximum absolute atomic E-state index is 13.2. The van der Waals surface area contributed by atoms with E-state index in [0.29, 0.717) is 0 Å². The van der Waals surface area contributed by atoms with Gasteiger partial charge in [-0.25, -0.2) is 4.79 Å². The summed E-state index contributed by atoms with van der Waals surface area (Å²) in [4.78, 5) is 11.9. The van der Waals surface area contributed by atoms with Crippen LogP contribution in [0.15, 0.2) is 0 Å². The highest BCUT2D eigenvalue weighted by molar-refractivity contribution is 7.88. The molecule has 0 aromatic rings. The molecule has 4 aliphatic carbocycles. The minimum atomic E-state index is -7.07. The Kier molecular flexibility index (Phi) is 4.65. The first kappa shape index (κ1) is 22.6. The van der Waals surface area contributed by atoms with Crippen molar-refractivity contribution in [3.63, 3.8) is 0 Å². The lowest BCUT2D eigenvalue weighted by atomic mass is 9.46. The minimum Gasteiger partial charge on any atom is -0.463 e. The average Bonchev–Trinajstić information content (AvgIpc) is 2.36. The highest BCUT2D eigenvalue weighted by atomic mass is 32.2. The summed E-state index contributed by atoms with van der Waals surface area (Å²) < 4.78 is 108. The highest BCUT2D eigenvalue weighted by Gasteiger charge is 2.85. The molecule has 4 bridgehead atoms. The van der Waals surface area contributed by atoms with Gasteiger partial charge in [-0.1, -0.05) is 0 Å². The molecule has 0 aliphatic heterocycles. The number of aliphatic hydroxyl groups is 2. The Morgan fingerprint density at radius 2 is 1.38 bits per heavy atom. The summed E-state index contributed by atoms with van der Waals surface area (Å²) in [6.45, 7) is -1.07. The largest absolute Gasteiger partial charge is 0.463 e. The van der Waals surface area contributed by atoms with Crippen LogP contribution in [-0.4, -0.2) is 64.1 Å². The fourth-order valence-corrected chi connectivity index (χ4v) is 6.66. The van der Waals surface area contributed by atoms with Crippen LogP contribution in [0.5, 0.6) is 0 Å². The van der Waals surface area contributed by atoms with Crippen LogP contribution in [0.2, 0.25) is 0 Å². The predicted molar refractivity (Wildman–Crippen MR) is 80.9 cm³/mol. The second-order valence-electron chi connectivity index (χ2n) is 8.69. The van der Waals surface area contributed by atoms with Gasteiger partial charge in [0.1, 0.15) is 0 Å². The fraction of sp³-hybridized carbons (Fsp3) is 0.933. The van der Waals surface area contributed by atoms with Gasteiger partial charge >= 0.3 is 33.2 Å². The number of rotatable bonds is 4. The molecule has 29 heavy (non-hydrogen) atoms. The van der Waals surface area contributed by atoms with Gasteiger partial charge in [-0.15, -0.1) is 0 Å². The summed E-state index contributed by atoms with van der Waals surface area (Å²) >= 11 is 0. The maximum atomic E-state index is 13.2. The fourth-order valence-electron chi connectivity index (χ4n) is 5.80. The molecule has 4 saturated carbocycles. The number of hydrogen-bond acceptors (Lipinski definition) is 6. The number of carbonyl (C=O) groups is 1. The van der Waals surface area contributed by atoms with Gasteiger partial charge in [-0.2, -0.15) is 34.8 Å². The first-order chi connectivity index (χ1) is 12.8. The molecule has 4 fully saturated rings. The number of carbonyl (C=O) groups excluding carboxylic acids is 1. The van der Waals surface area contributed by atoms with E-state index in [-0.39, 0.29) is 44.4 Å². The minimum absolute atomic E-state index is 0.0216. The molecule has 168 valence electrons. The third-order valence-corrected chi connectivity index (χ3v) is 7.51. The zero-order valence-corrected chi connectivity index (χ0v) is 15.5. The van der Waals surface area contributed by atoms with Crippen LogP contribution < -0.4 is 0 Å². The molecule has 0 saturated heterocycles. The van der Waals surface area contributed by atoms with E-state index in [1.807, 2.05) is 0 Å². The topological polar surface area (TPSA) is 121 Å². The maximum Gasteiger partial charge on any atom is 0.430 e. The van der Waals surface area contributed by atoms with Crippen LogP contribution in [0.3, 0.4) is 0 Å². The van der Waals surface area contributed by atoms with Crippen molar-refractivity contribution < 1.29 is 59.1 Å². The standard InChI is InChI=1S/C15H18F6O7S/c16-14(17,18)13(15(19,20)21,29(25,26)27)9(22)28-7-10-1-8-2-11(23,4-10)6-12(24,3-8)5-10/h8,23-24H,1-7H2,(H,25,26,27). The van der Waals surface area contributed by atoms with Crippen molar-refractivity contribution in [3.05, 3.63) is 0 Å². The van der Waals surface area contributed by atoms with Crippen LogP contribution in [0.1, 0.15) is 38.5 Å². The zero-order chi connectivity index (χ0) is 22.3. The van der Waals surface area contributed by atoms with E-state index in [4.69, 9.17) is 4.55 Å². The molecular formula is C15H18F6O7S. The molecule has 0 amide bonds. The Balaban J connectivity index is 1.93. The second-order valence-corrected chi connectivity index (χ2v) is 10.2. The molecule has 2 atom stereocenters. The Hall–Kier alpha value is -1.12. The average molecular weight is 456 g/mol. The summed E-state index contributed by atoms with van der Waals surface area (Å²) in [7, 11) is -7.07. The summed E-state index contributed by atoms with van der Waals surface area (Å²) in [5, 5.41) is 21.1. The number of alkyl halides is 6. The van der Waals surface area contributed by atoms with Gasteiger partial charge in [-0.05, 0) is 38.0 Å². The Bertz CT molecular complexity index is 788. The molecule has 7 nitrogen and oxygen atoms in total. The van der Waals surface area contributed by atoms with Gasteiger partial charge in [0.25, 0.3) is 0 Å². The second kappa shape index (κ2) is 5.98. The van der Waals surface area contributed by atoms with E-state index in [2.05, 4.69) is 4.74 Å². The molecule has 0 spiro atoms. The van der Waals surface area contributed by atoms with Crippen LogP contribution in [0.25, 0.3) is 0 Å². The first-order valence-corrected chi connectivity index (χ1v) is 9.95. The monoisotopic (exact) mass is 456 g/mol. The summed E-state index contributed by atoms with van der Waals surface area (Å²) in [5.41, 5.74) is -4.12. The Morgan fingerprint density at radius 1 is 0.931 bits per heavy atom. The molecule has 3 N–H and O–H groups in total. The van der Waals surface area contributed by atoms with Crippen LogP contribution in [-0.2, 0) is 19.6 Å². The van der Waals surface area contributed by atoms with Crippen molar-refractivity contribution >= 4 is 16.1 Å². The van der Waals surface area contributed by atoms with Gasteiger partial charge in [-0.3, -0.25) is 4.55 Å². The number of hydrogen-bond donors (Lipinski definition) is 3. The third-order valence-electron chi connectivity index (χ3n) is 6.11. The zero-order valence-electron chi connectivity index (χ0n) is 14.7. The summed E-state index contributed by atoms with van der Waals surface area (Å²) in [6.07, 6.45) is -13.1. The van der Waals surface area contributed by atoms with Gasteiger partial charge < -0.3 is 14.9 Å². The quantitative estimate of drug-likeness (QED) is 0.335. The number of ether oxygens (including phenoxy) is 1. The van der Waals surface area contributed by atoms with E-state index in [0.717, 1.165) is 0 Å². The number of halogens is 6. The molecule has 2 unspecified atom stereocenters. The molecule has 14 heteroatoms. The van der Waals surface area contributed by atoms with E-state index in [1.54, 1.807) is 0 Å². The van der Waals surface area contributed by atoms with E-state index < -0.39 is 56.4 Å². The van der Waals surface area contributed by atoms with Crippen molar-refractivity contribution in [2.24, 2.45) is 11.3 Å². The van der Waals surface area contributed by atoms with Crippen molar-refractivity contribution in [3.8, 4) is 0 Å². The van der Waals surface area contributed by atoms with E-state index in [9.17, 15) is 49.8 Å². The molecule has 0 radical (unpaired) electrons. The smallest absolute Gasteiger partial charge is 0.430 e. The lowest BCUT2D eigenvalue weighted by Gasteiger charge is -2.63. The van der Waals surface area contributed by atoms with Crippen molar-refractivity contribution in [2.45, 2.75) is 66.8 Å². The highest BCUT2D eigenvalue weighted by Crippen LogP contribution is 2.63. The lowest BCUT2D eigenvalue weighted by molar-refractivity contribution is -0.274. The van der Waals surface area contributed by atoms with Gasteiger partial charge in [0.15, 0.2) is 0 Å². The SMILES string of the molecule is O=C(OCC12CC3CC(O)(CC(O)(C3)C1)C2)C(C(F)(F)F)(C(F)(F)F)S(=O)(=O)O. The molecule has 4 rings (SSSR count). The first-order valence-electron chi connectivity index (χ1n) is 8.51. The Morgan fingerprint density at radius 3 is 1.72 bits per heavy atom. The molecule has 4 aliphatic rings. The molecular weight excluding hydrogens is 438 g/mol.